The van der Waals surface area contributed by atoms with Gasteiger partial charge in [-0.05, 0) is 51.3 Å². The van der Waals surface area contributed by atoms with E-state index >= 15 is 0 Å². The Morgan fingerprint density at radius 1 is 0.545 bits per heavy atom. The molecule has 0 spiro atoms. The molecule has 2 atom stereocenters. The molecule has 2 nitrogen and oxygen atoms in total. The van der Waals surface area contributed by atoms with Crippen molar-refractivity contribution in [2.45, 2.75) is 112 Å². The van der Waals surface area contributed by atoms with Gasteiger partial charge in [-0.15, -0.1) is 0 Å². The van der Waals surface area contributed by atoms with Crippen LogP contribution in [0.15, 0.2) is 18.2 Å². The van der Waals surface area contributed by atoms with Gasteiger partial charge >= 0.3 is 0 Å². The molecule has 0 aliphatic rings. The Labute approximate surface area is 208 Å². The van der Waals surface area contributed by atoms with E-state index in [0.717, 1.165) is 22.6 Å². The molecule has 0 saturated carbocycles. The molecule has 0 bridgehead atoms. The van der Waals surface area contributed by atoms with Crippen molar-refractivity contribution in [3.8, 4) is 22.6 Å². The third kappa shape index (κ3) is 5.77. The van der Waals surface area contributed by atoms with Gasteiger partial charge in [-0.2, -0.15) is 0 Å². The average molecular weight is 489 g/mol. The van der Waals surface area contributed by atoms with E-state index in [1.165, 1.54) is 27.8 Å². The topological polar surface area (TPSA) is 18.5 Å². The van der Waals surface area contributed by atoms with Crippen LogP contribution < -0.4 is 9.05 Å². The predicted octanol–water partition coefficient (Wildman–Crippen LogP) is 9.19. The molecule has 2 aromatic carbocycles. The summed E-state index contributed by atoms with van der Waals surface area (Å²) < 4.78 is 12.2. The van der Waals surface area contributed by atoms with Gasteiger partial charge in [0, 0.05) is 22.3 Å². The van der Waals surface area contributed by atoms with Crippen molar-refractivity contribution >= 4 is 18.9 Å². The van der Waals surface area contributed by atoms with Crippen LogP contribution in [0.1, 0.15) is 111 Å². The lowest BCUT2D eigenvalue weighted by Crippen LogP contribution is -2.20. The van der Waals surface area contributed by atoms with Crippen molar-refractivity contribution in [1.82, 2.24) is 0 Å². The molecule has 0 radical (unpaired) electrons. The highest BCUT2D eigenvalue weighted by atomic mass is 31.0. The van der Waals surface area contributed by atoms with Crippen molar-refractivity contribution < 1.29 is 9.05 Å². The first-order chi connectivity index (χ1) is 14.7. The quantitative estimate of drug-likeness (QED) is 0.401. The number of benzene rings is 2. The summed E-state index contributed by atoms with van der Waals surface area (Å²) in [5, 5.41) is 0. The third-order valence-electron chi connectivity index (χ3n) is 6.42. The van der Waals surface area contributed by atoms with Crippen LogP contribution in [0, 0.1) is 6.92 Å². The average Bonchev–Trinajstić information content (AvgIpc) is 2.62. The molecular formula is C29H46O2P2. The second-order valence-corrected chi connectivity index (χ2v) is 13.9. The fourth-order valence-corrected chi connectivity index (χ4v) is 4.97. The predicted molar refractivity (Wildman–Crippen MR) is 152 cm³/mol. The lowest BCUT2D eigenvalue weighted by Gasteiger charge is -2.33. The van der Waals surface area contributed by atoms with Crippen LogP contribution in [0.4, 0.5) is 0 Å². The second kappa shape index (κ2) is 9.17. The second-order valence-electron chi connectivity index (χ2n) is 13.4. The fourth-order valence-electron chi connectivity index (χ4n) is 4.47. The van der Waals surface area contributed by atoms with Crippen LogP contribution in [-0.4, -0.2) is 0 Å². The standard InChI is InChI=1S/C29H46O2P2/c1-17-20(27(5,6)7)16-22(29(11,12)13)25(31-33)23(17)19-14-18(26(2,3)4)15-21(24(19)30-32)28(8,9)10/h14-16H,32-33H2,1-13H3. The first-order valence-corrected chi connectivity index (χ1v) is 12.8. The summed E-state index contributed by atoms with van der Waals surface area (Å²) in [6.07, 6.45) is 0. The number of hydrogen-bond donors (Lipinski definition) is 0. The molecule has 0 aromatic heterocycles. The number of rotatable bonds is 3. The van der Waals surface area contributed by atoms with E-state index in [1.54, 1.807) is 0 Å². The van der Waals surface area contributed by atoms with Crippen LogP contribution in [-0.2, 0) is 21.7 Å². The Kier molecular flexibility index (Phi) is 7.82. The van der Waals surface area contributed by atoms with Gasteiger partial charge in [0.15, 0.2) is 0 Å². The third-order valence-corrected chi connectivity index (χ3v) is 6.89. The van der Waals surface area contributed by atoms with Gasteiger partial charge in [0.2, 0.25) is 0 Å². The summed E-state index contributed by atoms with van der Waals surface area (Å²) in [4.78, 5) is 0. The first kappa shape index (κ1) is 28.1. The molecule has 0 saturated heterocycles. The largest absolute Gasteiger partial charge is 0.479 e. The highest BCUT2D eigenvalue weighted by molar-refractivity contribution is 7.10. The van der Waals surface area contributed by atoms with Crippen LogP contribution in [0.3, 0.4) is 0 Å². The fraction of sp³-hybridized carbons (Fsp3) is 0.586. The van der Waals surface area contributed by atoms with Crippen molar-refractivity contribution in [3.05, 3.63) is 46.0 Å². The Morgan fingerprint density at radius 2 is 0.970 bits per heavy atom. The summed E-state index contributed by atoms with van der Waals surface area (Å²) in [5.74, 6) is 1.81. The zero-order valence-electron chi connectivity index (χ0n) is 23.2. The molecule has 33 heavy (non-hydrogen) atoms. The first-order valence-electron chi connectivity index (χ1n) is 11.9. The minimum absolute atomic E-state index is 0.00144. The van der Waals surface area contributed by atoms with Crippen molar-refractivity contribution in [2.24, 2.45) is 0 Å². The van der Waals surface area contributed by atoms with Crippen LogP contribution >= 0.6 is 18.9 Å². The Hall–Kier alpha value is -1.10. The van der Waals surface area contributed by atoms with Gasteiger partial charge in [-0.25, -0.2) is 0 Å². The van der Waals surface area contributed by atoms with Crippen molar-refractivity contribution in [1.29, 1.82) is 0 Å². The van der Waals surface area contributed by atoms with E-state index in [9.17, 15) is 0 Å². The SMILES string of the molecule is Cc1c(C(C)(C)C)cc(C(C)(C)C)c(OP)c1-c1cc(C(C)(C)C)cc(C(C)(C)C)c1OP. The summed E-state index contributed by atoms with van der Waals surface area (Å²) in [6, 6.07) is 6.97. The van der Waals surface area contributed by atoms with Crippen molar-refractivity contribution in [2.75, 3.05) is 0 Å². The highest BCUT2D eigenvalue weighted by Crippen LogP contribution is 2.51. The molecular weight excluding hydrogens is 442 g/mol. The summed E-state index contributed by atoms with van der Waals surface area (Å²) in [7, 11) is 4.99. The molecule has 2 rings (SSSR count). The van der Waals surface area contributed by atoms with Gasteiger partial charge in [-0.3, -0.25) is 0 Å². The van der Waals surface area contributed by atoms with E-state index in [4.69, 9.17) is 9.05 Å². The maximum atomic E-state index is 6.11. The minimum Gasteiger partial charge on any atom is -0.479 e. The molecule has 0 N–H and O–H groups in total. The molecule has 0 heterocycles. The summed E-state index contributed by atoms with van der Waals surface area (Å²) >= 11 is 0. The van der Waals surface area contributed by atoms with Crippen LogP contribution in [0.2, 0.25) is 0 Å². The van der Waals surface area contributed by atoms with E-state index in [0.29, 0.717) is 0 Å². The Bertz CT molecular complexity index is 1020. The van der Waals surface area contributed by atoms with Gasteiger partial charge < -0.3 is 9.05 Å². The molecule has 0 aliphatic heterocycles. The lowest BCUT2D eigenvalue weighted by atomic mass is 9.73. The zero-order chi connectivity index (χ0) is 25.7. The van der Waals surface area contributed by atoms with Gasteiger partial charge in [0.25, 0.3) is 0 Å². The molecule has 2 aromatic rings. The molecule has 4 heteroatoms. The van der Waals surface area contributed by atoms with E-state index < -0.39 is 0 Å². The monoisotopic (exact) mass is 488 g/mol. The molecule has 184 valence electrons. The Balaban J connectivity index is 3.24. The van der Waals surface area contributed by atoms with E-state index in [2.05, 4.69) is 127 Å². The maximum absolute atomic E-state index is 6.11. The lowest BCUT2D eigenvalue weighted by molar-refractivity contribution is 0.530. The maximum Gasteiger partial charge on any atom is 0.134 e. The Morgan fingerprint density at radius 3 is 1.33 bits per heavy atom. The summed E-state index contributed by atoms with van der Waals surface area (Å²) in [6.45, 7) is 29.4. The smallest absolute Gasteiger partial charge is 0.134 e. The normalized spacial score (nSPS) is 13.3. The highest BCUT2D eigenvalue weighted by Gasteiger charge is 2.33. The molecule has 0 fully saturated rings. The van der Waals surface area contributed by atoms with Crippen LogP contribution in [0.25, 0.3) is 11.1 Å². The summed E-state index contributed by atoms with van der Waals surface area (Å²) in [5.41, 5.74) is 8.32. The van der Waals surface area contributed by atoms with E-state index in [1.807, 2.05) is 0 Å². The minimum atomic E-state index is -0.0785. The van der Waals surface area contributed by atoms with E-state index in [-0.39, 0.29) is 21.7 Å². The zero-order valence-corrected chi connectivity index (χ0v) is 25.5. The molecule has 2 unspecified atom stereocenters. The van der Waals surface area contributed by atoms with Crippen molar-refractivity contribution in [3.63, 3.8) is 0 Å². The van der Waals surface area contributed by atoms with Crippen LogP contribution in [0.5, 0.6) is 11.5 Å². The van der Waals surface area contributed by atoms with Gasteiger partial charge in [0.05, 0.1) is 18.9 Å². The van der Waals surface area contributed by atoms with Gasteiger partial charge in [-0.1, -0.05) is 95.2 Å². The molecule has 0 aliphatic carbocycles. The molecule has 0 amide bonds. The number of hydrogen-bond acceptors (Lipinski definition) is 2. The van der Waals surface area contributed by atoms with Gasteiger partial charge in [0.1, 0.15) is 11.5 Å².